The molecule has 1 aromatic rings. The van der Waals surface area contributed by atoms with Gasteiger partial charge in [0.25, 0.3) is 5.69 Å². The molecule has 6 nitrogen and oxygen atoms in total. The third-order valence-corrected chi connectivity index (χ3v) is 4.06. The lowest BCUT2D eigenvalue weighted by atomic mass is 10.0. The largest absolute Gasteiger partial charge is 0.355 e. The highest BCUT2D eigenvalue weighted by molar-refractivity contribution is 5.44. The molecule has 0 bridgehead atoms. The predicted molar refractivity (Wildman–Crippen MR) is 79.5 cm³/mol. The number of likely N-dealkylation sites (N-methyl/N-ethyl adjacent to an activating group) is 1. The van der Waals surface area contributed by atoms with Gasteiger partial charge in [-0.05, 0) is 36.9 Å². The van der Waals surface area contributed by atoms with Gasteiger partial charge in [0.05, 0.1) is 4.92 Å². The van der Waals surface area contributed by atoms with Crippen molar-refractivity contribution in [2.75, 3.05) is 34.4 Å². The van der Waals surface area contributed by atoms with Crippen molar-refractivity contribution in [3.8, 4) is 0 Å². The molecule has 21 heavy (non-hydrogen) atoms. The molecule has 0 radical (unpaired) electrons. The van der Waals surface area contributed by atoms with Crippen molar-refractivity contribution in [2.24, 2.45) is 0 Å². The van der Waals surface area contributed by atoms with Crippen molar-refractivity contribution in [2.45, 2.75) is 25.0 Å². The first-order valence-electron chi connectivity index (χ1n) is 7.06. The number of nitrogens with zero attached hydrogens (tertiary/aromatic N) is 2. The van der Waals surface area contributed by atoms with Crippen LogP contribution < -0.4 is 0 Å². The van der Waals surface area contributed by atoms with E-state index in [1.54, 1.807) is 26.4 Å². The Morgan fingerprint density at radius 3 is 2.76 bits per heavy atom. The van der Waals surface area contributed by atoms with E-state index in [4.69, 9.17) is 9.47 Å². The Hall–Kier alpha value is -1.50. The summed E-state index contributed by atoms with van der Waals surface area (Å²) in [5.41, 5.74) is 2.52. The first kappa shape index (κ1) is 15.9. The van der Waals surface area contributed by atoms with Crippen molar-refractivity contribution in [3.63, 3.8) is 0 Å². The fourth-order valence-corrected chi connectivity index (χ4v) is 2.93. The zero-order valence-corrected chi connectivity index (χ0v) is 12.7. The lowest BCUT2D eigenvalue weighted by Gasteiger charge is -2.25. The highest BCUT2D eigenvalue weighted by Crippen LogP contribution is 2.35. The summed E-state index contributed by atoms with van der Waals surface area (Å²) in [6.07, 6.45) is 1.77. The molecule has 0 fully saturated rings. The number of fused-ring (bicyclic) bond motifs is 1. The molecular formula is C15H22N2O4. The second-order valence-corrected chi connectivity index (χ2v) is 5.50. The third-order valence-electron chi connectivity index (χ3n) is 4.06. The van der Waals surface area contributed by atoms with Crippen LogP contribution in [-0.4, -0.2) is 50.5 Å². The van der Waals surface area contributed by atoms with Gasteiger partial charge in [0.2, 0.25) is 0 Å². The summed E-state index contributed by atoms with van der Waals surface area (Å²) >= 11 is 0. The molecule has 0 aromatic heterocycles. The summed E-state index contributed by atoms with van der Waals surface area (Å²) in [5, 5.41) is 10.9. The highest BCUT2D eigenvalue weighted by Gasteiger charge is 2.26. The number of hydrogen-bond acceptors (Lipinski definition) is 5. The number of benzene rings is 1. The summed E-state index contributed by atoms with van der Waals surface area (Å²) in [4.78, 5) is 12.7. The van der Waals surface area contributed by atoms with Gasteiger partial charge in [-0.2, -0.15) is 0 Å². The van der Waals surface area contributed by atoms with Gasteiger partial charge in [0.1, 0.15) is 0 Å². The van der Waals surface area contributed by atoms with Crippen molar-refractivity contribution in [1.29, 1.82) is 0 Å². The normalized spacial score (nSPS) is 17.5. The molecule has 1 aromatic carbocycles. The van der Waals surface area contributed by atoms with Crippen LogP contribution in [0.25, 0.3) is 0 Å². The Balaban J connectivity index is 2.04. The van der Waals surface area contributed by atoms with Crippen molar-refractivity contribution in [3.05, 3.63) is 39.4 Å². The van der Waals surface area contributed by atoms with E-state index in [1.165, 1.54) is 5.56 Å². The lowest BCUT2D eigenvalue weighted by molar-refractivity contribution is -0.384. The quantitative estimate of drug-likeness (QED) is 0.438. The molecule has 0 aliphatic heterocycles. The lowest BCUT2D eigenvalue weighted by Crippen LogP contribution is -2.34. The Morgan fingerprint density at radius 1 is 1.43 bits per heavy atom. The number of aryl methyl sites for hydroxylation is 1. The minimum absolute atomic E-state index is 0.176. The van der Waals surface area contributed by atoms with Gasteiger partial charge >= 0.3 is 0 Å². The molecule has 0 saturated carbocycles. The standard InChI is InChI=1S/C15H22N2O4/c1-16(10-15(20-2)21-3)9-12-5-4-11-6-7-13(17(18)19)8-14(11)12/h6-8,12,15H,4-5,9-10H2,1-3H3. The summed E-state index contributed by atoms with van der Waals surface area (Å²) in [7, 11) is 5.26. The first-order valence-corrected chi connectivity index (χ1v) is 7.06. The van der Waals surface area contributed by atoms with E-state index in [0.717, 1.165) is 24.9 Å². The third kappa shape index (κ3) is 3.78. The van der Waals surface area contributed by atoms with E-state index in [2.05, 4.69) is 4.90 Å². The van der Waals surface area contributed by atoms with Crippen LogP contribution in [0.15, 0.2) is 18.2 Å². The number of ether oxygens (including phenoxy) is 2. The van der Waals surface area contributed by atoms with Crippen molar-refractivity contribution < 1.29 is 14.4 Å². The number of nitro groups is 1. The van der Waals surface area contributed by atoms with Gasteiger partial charge in [-0.25, -0.2) is 0 Å². The van der Waals surface area contributed by atoms with E-state index in [-0.39, 0.29) is 16.9 Å². The summed E-state index contributed by atoms with van der Waals surface area (Å²) in [5.74, 6) is 0.333. The predicted octanol–water partition coefficient (Wildman–Crippen LogP) is 2.18. The molecule has 116 valence electrons. The average molecular weight is 294 g/mol. The Kier molecular flexibility index (Phi) is 5.27. The van der Waals surface area contributed by atoms with E-state index in [0.29, 0.717) is 12.5 Å². The zero-order chi connectivity index (χ0) is 15.4. The van der Waals surface area contributed by atoms with E-state index in [1.807, 2.05) is 13.1 Å². The fraction of sp³-hybridized carbons (Fsp3) is 0.600. The van der Waals surface area contributed by atoms with Crippen LogP contribution in [0.1, 0.15) is 23.5 Å². The van der Waals surface area contributed by atoms with E-state index >= 15 is 0 Å². The molecule has 1 unspecified atom stereocenters. The topological polar surface area (TPSA) is 64.8 Å². The van der Waals surface area contributed by atoms with E-state index in [9.17, 15) is 10.1 Å². The van der Waals surface area contributed by atoms with Gasteiger partial charge in [0, 0.05) is 39.4 Å². The second-order valence-electron chi connectivity index (χ2n) is 5.50. The maximum Gasteiger partial charge on any atom is 0.269 e. The van der Waals surface area contributed by atoms with Crippen molar-refractivity contribution >= 4 is 5.69 Å². The smallest absolute Gasteiger partial charge is 0.269 e. The van der Waals surface area contributed by atoms with Gasteiger partial charge in [-0.15, -0.1) is 0 Å². The van der Waals surface area contributed by atoms with Crippen LogP contribution in [0.2, 0.25) is 0 Å². The molecule has 1 aliphatic carbocycles. The van der Waals surface area contributed by atoms with Crippen molar-refractivity contribution in [1.82, 2.24) is 4.90 Å². The maximum atomic E-state index is 10.9. The Morgan fingerprint density at radius 2 is 2.14 bits per heavy atom. The summed E-state index contributed by atoms with van der Waals surface area (Å²) < 4.78 is 10.4. The molecule has 0 saturated heterocycles. The molecule has 0 N–H and O–H groups in total. The minimum Gasteiger partial charge on any atom is -0.355 e. The molecule has 2 rings (SSSR count). The number of non-ortho nitro benzene ring substituents is 1. The molecule has 0 spiro atoms. The van der Waals surface area contributed by atoms with Crippen LogP contribution in [0.5, 0.6) is 0 Å². The molecule has 0 amide bonds. The van der Waals surface area contributed by atoms with Gasteiger partial charge in [-0.1, -0.05) is 6.07 Å². The summed E-state index contributed by atoms with van der Waals surface area (Å²) in [6.45, 7) is 1.52. The van der Waals surface area contributed by atoms with Crippen LogP contribution in [0, 0.1) is 10.1 Å². The van der Waals surface area contributed by atoms with Crippen LogP contribution >= 0.6 is 0 Å². The van der Waals surface area contributed by atoms with Gasteiger partial charge in [-0.3, -0.25) is 10.1 Å². The number of hydrogen-bond donors (Lipinski definition) is 0. The highest BCUT2D eigenvalue weighted by atomic mass is 16.7. The number of nitro benzene ring substituents is 1. The van der Waals surface area contributed by atoms with Crippen LogP contribution in [0.4, 0.5) is 5.69 Å². The number of rotatable bonds is 7. The zero-order valence-electron chi connectivity index (χ0n) is 12.7. The van der Waals surface area contributed by atoms with Gasteiger partial charge in [0.15, 0.2) is 6.29 Å². The Bertz CT molecular complexity index is 502. The Labute approximate surface area is 124 Å². The second kappa shape index (κ2) is 6.98. The molecular weight excluding hydrogens is 272 g/mol. The maximum absolute atomic E-state index is 10.9. The average Bonchev–Trinajstić information content (AvgIpc) is 2.87. The SMILES string of the molecule is COC(CN(C)CC1CCc2ccc([N+](=O)[O-])cc21)OC. The van der Waals surface area contributed by atoms with Crippen LogP contribution in [0.3, 0.4) is 0 Å². The molecule has 6 heteroatoms. The van der Waals surface area contributed by atoms with E-state index < -0.39 is 0 Å². The minimum atomic E-state index is -0.328. The first-order chi connectivity index (χ1) is 10.0. The molecule has 1 atom stereocenters. The van der Waals surface area contributed by atoms with Crippen LogP contribution in [-0.2, 0) is 15.9 Å². The summed E-state index contributed by atoms with van der Waals surface area (Å²) in [6, 6.07) is 5.21. The molecule has 0 heterocycles. The molecule has 1 aliphatic rings. The fourth-order valence-electron chi connectivity index (χ4n) is 2.93. The monoisotopic (exact) mass is 294 g/mol. The number of methoxy groups -OCH3 is 2. The van der Waals surface area contributed by atoms with Gasteiger partial charge < -0.3 is 14.4 Å².